The van der Waals surface area contributed by atoms with E-state index in [1.54, 1.807) is 0 Å². The Kier molecular flexibility index (Phi) is 5.18. The lowest BCUT2D eigenvalue weighted by Gasteiger charge is -2.26. The third kappa shape index (κ3) is 3.41. The molecule has 1 aliphatic heterocycles. The Morgan fingerprint density at radius 1 is 1.03 bits per heavy atom. The van der Waals surface area contributed by atoms with Crippen molar-refractivity contribution in [2.45, 2.75) is 45.6 Å². The van der Waals surface area contributed by atoms with Crippen LogP contribution in [-0.2, 0) is 4.74 Å². The molecule has 0 amide bonds. The van der Waals surface area contributed by atoms with Crippen molar-refractivity contribution >= 4 is 21.9 Å². The van der Waals surface area contributed by atoms with E-state index in [4.69, 9.17) is 14.7 Å². The molecule has 172 valence electrons. The first-order valence-corrected chi connectivity index (χ1v) is 12.1. The van der Waals surface area contributed by atoms with Crippen LogP contribution in [0.3, 0.4) is 0 Å². The van der Waals surface area contributed by atoms with Gasteiger partial charge in [-0.3, -0.25) is 10.1 Å². The maximum atomic E-state index is 5.66. The summed E-state index contributed by atoms with van der Waals surface area (Å²) >= 11 is 0. The summed E-state index contributed by atoms with van der Waals surface area (Å²) in [6, 6.07) is 17.4. The molecule has 1 saturated heterocycles. The van der Waals surface area contributed by atoms with Crippen LogP contribution in [0.5, 0.6) is 0 Å². The minimum absolute atomic E-state index is 0.160. The van der Waals surface area contributed by atoms with Crippen molar-refractivity contribution in [2.75, 3.05) is 13.2 Å². The number of hydrogen-bond donors (Lipinski definition) is 1. The number of hydrogen-bond acceptors (Lipinski definition) is 4. The monoisotopic (exact) mass is 451 g/mol. The summed E-state index contributed by atoms with van der Waals surface area (Å²) in [6.45, 7) is 7.96. The Morgan fingerprint density at radius 3 is 2.56 bits per heavy atom. The number of aromatic nitrogens is 5. The van der Waals surface area contributed by atoms with Crippen molar-refractivity contribution in [1.29, 1.82) is 0 Å². The molecule has 1 aliphatic rings. The molecule has 0 radical (unpaired) electrons. The van der Waals surface area contributed by atoms with E-state index in [2.05, 4.69) is 77.1 Å². The van der Waals surface area contributed by atoms with Crippen LogP contribution in [0, 0.1) is 13.8 Å². The fraction of sp³-hybridized carbons (Fsp3) is 0.321. The number of benzene rings is 2. The van der Waals surface area contributed by atoms with Crippen LogP contribution in [0.25, 0.3) is 33.1 Å². The maximum Gasteiger partial charge on any atom is 0.113 e. The van der Waals surface area contributed by atoms with Crippen molar-refractivity contribution in [2.24, 2.45) is 0 Å². The molecular formula is C28H29N5O. The summed E-state index contributed by atoms with van der Waals surface area (Å²) in [7, 11) is 0. The van der Waals surface area contributed by atoms with E-state index in [0.717, 1.165) is 76.3 Å². The molecule has 1 N–H and O–H groups in total. The minimum Gasteiger partial charge on any atom is -0.381 e. The lowest BCUT2D eigenvalue weighted by atomic mass is 9.98. The van der Waals surface area contributed by atoms with E-state index in [9.17, 15) is 0 Å². The second-order valence-corrected chi connectivity index (χ2v) is 9.35. The Bertz CT molecular complexity index is 1460. The summed E-state index contributed by atoms with van der Waals surface area (Å²) in [5.74, 6) is 1.53. The van der Waals surface area contributed by atoms with Gasteiger partial charge in [-0.25, -0.2) is 4.98 Å². The van der Waals surface area contributed by atoms with Crippen molar-refractivity contribution in [3.8, 4) is 11.1 Å². The molecule has 2 aromatic carbocycles. The first kappa shape index (κ1) is 21.1. The predicted octanol–water partition coefficient (Wildman–Crippen LogP) is 6.09. The molecule has 4 heterocycles. The van der Waals surface area contributed by atoms with Crippen LogP contribution in [-0.4, -0.2) is 37.9 Å². The number of aromatic amines is 1. The standard InChI is InChI=1S/C28H29N5O/c1-17-26(18(2)32-31-17)22-9-10-23-24(15-22)29-16-25-27(23)33(19(3)20-7-5-4-6-8-20)28(30-25)21-11-13-34-14-12-21/h4-10,15-16,19,21H,11-14H2,1-3H3,(H,31,32)/t19-/m1/s1. The minimum atomic E-state index is 0.160. The number of ether oxygens (including phenoxy) is 1. The van der Waals surface area contributed by atoms with Gasteiger partial charge in [-0.05, 0) is 50.8 Å². The molecule has 5 aromatic rings. The summed E-state index contributed by atoms with van der Waals surface area (Å²) in [5.41, 5.74) is 8.74. The zero-order valence-electron chi connectivity index (χ0n) is 19.9. The third-order valence-electron chi connectivity index (χ3n) is 7.22. The Balaban J connectivity index is 1.59. The van der Waals surface area contributed by atoms with Gasteiger partial charge in [0.2, 0.25) is 0 Å². The van der Waals surface area contributed by atoms with Crippen LogP contribution in [0.4, 0.5) is 0 Å². The SMILES string of the molecule is Cc1n[nH]c(C)c1-c1ccc2c(c1)ncc1nc(C3CCOCC3)n([C@H](C)c3ccccc3)c12. The van der Waals surface area contributed by atoms with E-state index in [-0.39, 0.29) is 6.04 Å². The Labute approximate surface area is 199 Å². The molecule has 6 nitrogen and oxygen atoms in total. The number of fused-ring (bicyclic) bond motifs is 3. The maximum absolute atomic E-state index is 5.66. The lowest BCUT2D eigenvalue weighted by molar-refractivity contribution is 0.0828. The zero-order chi connectivity index (χ0) is 23.2. The van der Waals surface area contributed by atoms with Gasteiger partial charge in [0.05, 0.1) is 29.0 Å². The van der Waals surface area contributed by atoms with Gasteiger partial charge in [-0.2, -0.15) is 5.10 Å². The first-order valence-electron chi connectivity index (χ1n) is 12.1. The third-order valence-corrected chi connectivity index (χ3v) is 7.22. The lowest BCUT2D eigenvalue weighted by Crippen LogP contribution is -2.20. The normalized spacial score (nSPS) is 15.9. The molecule has 0 spiro atoms. The van der Waals surface area contributed by atoms with Gasteiger partial charge < -0.3 is 9.30 Å². The molecule has 0 saturated carbocycles. The number of nitrogens with zero attached hydrogens (tertiary/aromatic N) is 4. The molecule has 1 fully saturated rings. The number of rotatable bonds is 4. The molecule has 6 heteroatoms. The van der Waals surface area contributed by atoms with Gasteiger partial charge >= 0.3 is 0 Å². The van der Waals surface area contributed by atoms with Crippen molar-refractivity contribution in [1.82, 2.24) is 24.7 Å². The number of H-pyrrole nitrogens is 1. The van der Waals surface area contributed by atoms with Crippen molar-refractivity contribution in [3.05, 3.63) is 77.5 Å². The largest absolute Gasteiger partial charge is 0.381 e. The van der Waals surface area contributed by atoms with Gasteiger partial charge in [-0.15, -0.1) is 0 Å². The zero-order valence-corrected chi connectivity index (χ0v) is 19.9. The number of imidazole rings is 1. The van der Waals surface area contributed by atoms with E-state index >= 15 is 0 Å². The van der Waals surface area contributed by atoms with Crippen LogP contribution in [0.15, 0.2) is 54.7 Å². The summed E-state index contributed by atoms with van der Waals surface area (Å²) in [6.07, 6.45) is 3.94. The Hall–Kier alpha value is -3.51. The highest BCUT2D eigenvalue weighted by molar-refractivity contribution is 6.03. The number of pyridine rings is 1. The second-order valence-electron chi connectivity index (χ2n) is 9.35. The van der Waals surface area contributed by atoms with E-state index < -0.39 is 0 Å². The first-order chi connectivity index (χ1) is 16.6. The fourth-order valence-corrected chi connectivity index (χ4v) is 5.44. The van der Waals surface area contributed by atoms with Crippen LogP contribution in [0.1, 0.15) is 54.5 Å². The highest BCUT2D eigenvalue weighted by Gasteiger charge is 2.27. The average Bonchev–Trinajstić information content (AvgIpc) is 3.44. The molecule has 6 rings (SSSR count). The molecule has 3 aromatic heterocycles. The molecular weight excluding hydrogens is 422 g/mol. The van der Waals surface area contributed by atoms with Gasteiger partial charge in [0.1, 0.15) is 11.3 Å². The highest BCUT2D eigenvalue weighted by atomic mass is 16.5. The van der Waals surface area contributed by atoms with Crippen LogP contribution in [0.2, 0.25) is 0 Å². The van der Waals surface area contributed by atoms with Gasteiger partial charge in [0, 0.05) is 35.8 Å². The fourth-order valence-electron chi connectivity index (χ4n) is 5.44. The molecule has 34 heavy (non-hydrogen) atoms. The van der Waals surface area contributed by atoms with Gasteiger partial charge in [-0.1, -0.05) is 42.5 Å². The average molecular weight is 452 g/mol. The number of aryl methyl sites for hydroxylation is 2. The quantitative estimate of drug-likeness (QED) is 0.359. The molecule has 0 aliphatic carbocycles. The van der Waals surface area contributed by atoms with Crippen molar-refractivity contribution in [3.63, 3.8) is 0 Å². The molecule has 1 atom stereocenters. The van der Waals surface area contributed by atoms with Crippen LogP contribution >= 0.6 is 0 Å². The topological polar surface area (TPSA) is 68.6 Å². The predicted molar refractivity (Wildman–Crippen MR) is 135 cm³/mol. The van der Waals surface area contributed by atoms with Crippen molar-refractivity contribution < 1.29 is 4.74 Å². The Morgan fingerprint density at radius 2 is 1.82 bits per heavy atom. The summed E-state index contributed by atoms with van der Waals surface area (Å²) < 4.78 is 8.12. The second kappa shape index (κ2) is 8.37. The van der Waals surface area contributed by atoms with Gasteiger partial charge in [0.15, 0.2) is 0 Å². The molecule has 0 unspecified atom stereocenters. The number of nitrogens with one attached hydrogen (secondary N) is 1. The van der Waals surface area contributed by atoms with E-state index in [1.807, 2.05) is 13.1 Å². The smallest absolute Gasteiger partial charge is 0.113 e. The van der Waals surface area contributed by atoms with E-state index in [1.165, 1.54) is 5.56 Å². The highest BCUT2D eigenvalue weighted by Crippen LogP contribution is 2.37. The van der Waals surface area contributed by atoms with Crippen LogP contribution < -0.4 is 0 Å². The molecule has 0 bridgehead atoms. The van der Waals surface area contributed by atoms with Gasteiger partial charge in [0.25, 0.3) is 0 Å². The summed E-state index contributed by atoms with van der Waals surface area (Å²) in [4.78, 5) is 10.0. The summed E-state index contributed by atoms with van der Waals surface area (Å²) in [5, 5.41) is 8.61. The van der Waals surface area contributed by atoms with E-state index in [0.29, 0.717) is 5.92 Å².